The second kappa shape index (κ2) is 9.49. The first-order chi connectivity index (χ1) is 14.9. The Kier molecular flexibility index (Phi) is 6.78. The van der Waals surface area contributed by atoms with Gasteiger partial charge in [0.1, 0.15) is 4.90 Å². The predicted molar refractivity (Wildman–Crippen MR) is 118 cm³/mol. The maximum absolute atomic E-state index is 13.0. The lowest BCUT2D eigenvalue weighted by Crippen LogP contribution is -2.31. The van der Waals surface area contributed by atoms with Gasteiger partial charge in [-0.25, -0.2) is 13.4 Å². The van der Waals surface area contributed by atoms with Crippen molar-refractivity contribution in [2.45, 2.75) is 18.7 Å². The van der Waals surface area contributed by atoms with Crippen molar-refractivity contribution in [1.29, 1.82) is 0 Å². The van der Waals surface area contributed by atoms with Crippen LogP contribution in [0.2, 0.25) is 0 Å². The summed E-state index contributed by atoms with van der Waals surface area (Å²) in [5.74, 6) is 0. The summed E-state index contributed by atoms with van der Waals surface area (Å²) in [5, 5.41) is 15.3. The van der Waals surface area contributed by atoms with Gasteiger partial charge in [-0.3, -0.25) is 15.5 Å². The lowest BCUT2D eigenvalue weighted by atomic mass is 10.2. The average Bonchev–Trinajstić information content (AvgIpc) is 3.30. The largest absolute Gasteiger partial charge is 0.306 e. The molecule has 3 rings (SSSR count). The fourth-order valence-electron chi connectivity index (χ4n) is 2.95. The molecule has 0 radical (unpaired) electrons. The third kappa shape index (κ3) is 4.95. The van der Waals surface area contributed by atoms with Gasteiger partial charge in [-0.2, -0.15) is 9.41 Å². The van der Waals surface area contributed by atoms with Crippen molar-refractivity contribution < 1.29 is 13.3 Å². The van der Waals surface area contributed by atoms with Crippen LogP contribution in [-0.2, 0) is 10.0 Å². The van der Waals surface area contributed by atoms with Crippen LogP contribution in [-0.4, -0.2) is 46.5 Å². The molecule has 0 fully saturated rings. The van der Waals surface area contributed by atoms with Crippen molar-refractivity contribution >= 4 is 27.6 Å². The molecule has 0 aliphatic heterocycles. The van der Waals surface area contributed by atoms with E-state index in [-0.39, 0.29) is 29.4 Å². The van der Waals surface area contributed by atoms with Gasteiger partial charge in [0.15, 0.2) is 0 Å². The molecule has 1 N–H and O–H groups in total. The first-order valence-electron chi connectivity index (χ1n) is 9.53. The van der Waals surface area contributed by atoms with Crippen molar-refractivity contribution in [3.05, 3.63) is 76.9 Å². The number of anilines is 1. The Morgan fingerprint density at radius 2 is 1.90 bits per heavy atom. The second-order valence-corrected chi connectivity index (χ2v) is 8.36. The first-order valence-corrected chi connectivity index (χ1v) is 11.0. The highest BCUT2D eigenvalue weighted by molar-refractivity contribution is 7.89. The lowest BCUT2D eigenvalue weighted by Gasteiger charge is -2.20. The van der Waals surface area contributed by atoms with Crippen LogP contribution in [0.15, 0.2) is 71.2 Å². The van der Waals surface area contributed by atoms with Crippen LogP contribution in [0.3, 0.4) is 0 Å². The number of nitro groups is 1. The van der Waals surface area contributed by atoms with E-state index in [1.165, 1.54) is 22.7 Å². The van der Waals surface area contributed by atoms with Crippen LogP contribution in [0.5, 0.6) is 0 Å². The van der Waals surface area contributed by atoms with Gasteiger partial charge in [-0.15, -0.1) is 0 Å². The standard InChI is InChI=1S/C20H22N6O4S/c1-3-25(4-2)31(29,30)20-13-18(26(27)28)9-10-19(20)23-22-14-16-5-7-17(8-6-16)24-12-11-21-15-24/h5-15,23H,3-4H2,1-2H3/b22-14+. The Bertz CT molecular complexity index is 1170. The number of imidazole rings is 1. The molecule has 1 aromatic heterocycles. The molecule has 11 heteroatoms. The van der Waals surface area contributed by atoms with Crippen LogP contribution in [0.4, 0.5) is 11.4 Å². The zero-order valence-electron chi connectivity index (χ0n) is 17.0. The SMILES string of the molecule is CCN(CC)S(=O)(=O)c1cc([N+](=O)[O-])ccc1N/N=C/c1ccc(-n2ccnc2)cc1. The maximum atomic E-state index is 13.0. The van der Waals surface area contributed by atoms with Crippen molar-refractivity contribution in [3.8, 4) is 5.69 Å². The number of hydrogen-bond donors (Lipinski definition) is 1. The smallest absolute Gasteiger partial charge is 0.270 e. The molecule has 31 heavy (non-hydrogen) atoms. The van der Waals surface area contributed by atoms with Gasteiger partial charge in [0.2, 0.25) is 10.0 Å². The highest BCUT2D eigenvalue weighted by Gasteiger charge is 2.27. The number of nitrogens with one attached hydrogen (secondary N) is 1. The molecule has 0 atom stereocenters. The van der Waals surface area contributed by atoms with Crippen LogP contribution in [0.25, 0.3) is 5.69 Å². The van der Waals surface area contributed by atoms with Gasteiger partial charge in [0, 0.05) is 43.3 Å². The number of rotatable bonds is 9. The quantitative estimate of drug-likeness (QED) is 0.308. The highest BCUT2D eigenvalue weighted by Crippen LogP contribution is 2.29. The molecule has 2 aromatic carbocycles. The number of hydrazone groups is 1. The van der Waals surface area contributed by atoms with Crippen molar-refractivity contribution in [1.82, 2.24) is 13.9 Å². The van der Waals surface area contributed by atoms with E-state index in [0.717, 1.165) is 17.3 Å². The molecule has 0 spiro atoms. The fraction of sp³-hybridized carbons (Fsp3) is 0.200. The molecular formula is C20H22N6O4S. The number of nitro benzene ring substituents is 1. The van der Waals surface area contributed by atoms with Crippen LogP contribution < -0.4 is 5.43 Å². The summed E-state index contributed by atoms with van der Waals surface area (Å²) in [5.41, 5.74) is 4.27. The third-order valence-electron chi connectivity index (χ3n) is 4.59. The van der Waals surface area contributed by atoms with Gasteiger partial charge in [0.05, 0.1) is 23.2 Å². The number of non-ortho nitro benzene ring substituents is 1. The zero-order valence-corrected chi connectivity index (χ0v) is 17.9. The van der Waals surface area contributed by atoms with Crippen molar-refractivity contribution in [2.24, 2.45) is 5.10 Å². The van der Waals surface area contributed by atoms with E-state index in [2.05, 4.69) is 15.5 Å². The predicted octanol–water partition coefficient (Wildman–Crippen LogP) is 3.26. The van der Waals surface area contributed by atoms with E-state index in [1.807, 2.05) is 35.0 Å². The zero-order chi connectivity index (χ0) is 22.4. The lowest BCUT2D eigenvalue weighted by molar-refractivity contribution is -0.385. The molecule has 1 heterocycles. The Hall–Kier alpha value is -3.57. The minimum atomic E-state index is -3.93. The van der Waals surface area contributed by atoms with E-state index in [1.54, 1.807) is 26.4 Å². The summed E-state index contributed by atoms with van der Waals surface area (Å²) in [7, 11) is -3.93. The molecule has 0 aliphatic rings. The summed E-state index contributed by atoms with van der Waals surface area (Å²) in [6, 6.07) is 11.1. The molecule has 0 saturated heterocycles. The number of benzene rings is 2. The Morgan fingerprint density at radius 1 is 1.19 bits per heavy atom. The summed E-state index contributed by atoms with van der Waals surface area (Å²) >= 11 is 0. The second-order valence-electron chi connectivity index (χ2n) is 6.46. The summed E-state index contributed by atoms with van der Waals surface area (Å²) in [6.07, 6.45) is 6.74. The normalized spacial score (nSPS) is 11.8. The molecular weight excluding hydrogens is 420 g/mol. The number of hydrogen-bond acceptors (Lipinski definition) is 7. The summed E-state index contributed by atoms with van der Waals surface area (Å²) in [4.78, 5) is 14.3. The number of sulfonamides is 1. The molecule has 0 amide bonds. The Morgan fingerprint density at radius 3 is 2.48 bits per heavy atom. The van der Waals surface area contributed by atoms with Crippen LogP contribution >= 0.6 is 0 Å². The van der Waals surface area contributed by atoms with Crippen LogP contribution in [0, 0.1) is 10.1 Å². The molecule has 10 nitrogen and oxygen atoms in total. The fourth-order valence-corrected chi connectivity index (χ4v) is 4.57. The molecule has 0 saturated carbocycles. The first kappa shape index (κ1) is 22.1. The number of aromatic nitrogens is 2. The number of nitrogens with zero attached hydrogens (tertiary/aromatic N) is 5. The molecule has 0 bridgehead atoms. The molecule has 0 unspecified atom stereocenters. The van der Waals surface area contributed by atoms with E-state index in [0.29, 0.717) is 0 Å². The minimum absolute atomic E-state index is 0.156. The average molecular weight is 443 g/mol. The molecule has 0 aliphatic carbocycles. The van der Waals surface area contributed by atoms with Gasteiger partial charge in [-0.05, 0) is 23.8 Å². The van der Waals surface area contributed by atoms with E-state index < -0.39 is 14.9 Å². The van der Waals surface area contributed by atoms with Gasteiger partial charge >= 0.3 is 0 Å². The van der Waals surface area contributed by atoms with Crippen molar-refractivity contribution in [3.63, 3.8) is 0 Å². The molecule has 3 aromatic rings. The van der Waals surface area contributed by atoms with E-state index in [4.69, 9.17) is 0 Å². The Balaban J connectivity index is 1.86. The van der Waals surface area contributed by atoms with E-state index >= 15 is 0 Å². The van der Waals surface area contributed by atoms with Gasteiger partial charge in [0.25, 0.3) is 5.69 Å². The Labute approximate surface area is 180 Å². The third-order valence-corrected chi connectivity index (χ3v) is 6.68. The van der Waals surface area contributed by atoms with Crippen LogP contribution in [0.1, 0.15) is 19.4 Å². The van der Waals surface area contributed by atoms with E-state index in [9.17, 15) is 18.5 Å². The van der Waals surface area contributed by atoms with Crippen molar-refractivity contribution in [2.75, 3.05) is 18.5 Å². The topological polar surface area (TPSA) is 123 Å². The highest BCUT2D eigenvalue weighted by atomic mass is 32.2. The summed E-state index contributed by atoms with van der Waals surface area (Å²) in [6.45, 7) is 3.90. The molecule has 162 valence electrons. The maximum Gasteiger partial charge on any atom is 0.270 e. The van der Waals surface area contributed by atoms with Gasteiger partial charge in [-0.1, -0.05) is 26.0 Å². The monoisotopic (exact) mass is 442 g/mol. The minimum Gasteiger partial charge on any atom is -0.306 e. The van der Waals surface area contributed by atoms with Gasteiger partial charge < -0.3 is 4.57 Å². The summed E-state index contributed by atoms with van der Waals surface area (Å²) < 4.78 is 29.0.